The third kappa shape index (κ3) is 2.45. The van der Waals surface area contributed by atoms with Crippen molar-refractivity contribution in [2.75, 3.05) is 4.90 Å². The van der Waals surface area contributed by atoms with Crippen molar-refractivity contribution < 1.29 is 0 Å². The average molecular weight is 247 g/mol. The molecule has 1 aromatic heterocycles. The average Bonchev–Trinajstić information content (AvgIpc) is 2.51. The summed E-state index contributed by atoms with van der Waals surface area (Å²) in [6.07, 6.45) is 3.31. The quantitative estimate of drug-likeness (QED) is 0.701. The predicted molar refractivity (Wildman–Crippen MR) is 76.7 cm³/mol. The molecule has 0 unspecified atom stereocenters. The third-order valence-electron chi connectivity index (χ3n) is 2.82. The van der Waals surface area contributed by atoms with Crippen LogP contribution in [0.3, 0.4) is 0 Å². The zero-order chi connectivity index (χ0) is 12.9. The van der Waals surface area contributed by atoms with Gasteiger partial charge in [0.05, 0.1) is 0 Å². The van der Waals surface area contributed by atoms with E-state index < -0.39 is 0 Å². The first kappa shape index (κ1) is 11.4. The van der Waals surface area contributed by atoms with Crippen LogP contribution in [0.25, 0.3) is 0 Å². The van der Waals surface area contributed by atoms with Crippen molar-refractivity contribution in [3.05, 3.63) is 79.3 Å². The first-order valence-corrected chi connectivity index (χ1v) is 6.11. The smallest absolute Gasteiger partial charge is 0.140 e. The fourth-order valence-electron chi connectivity index (χ4n) is 1.98. The van der Waals surface area contributed by atoms with Crippen LogP contribution < -0.4 is 4.90 Å². The summed E-state index contributed by atoms with van der Waals surface area (Å²) in [5.41, 5.74) is 2.15. The number of benzene rings is 2. The summed E-state index contributed by atoms with van der Waals surface area (Å²) < 4.78 is 0. The van der Waals surface area contributed by atoms with Crippen molar-refractivity contribution in [3.63, 3.8) is 0 Å². The van der Waals surface area contributed by atoms with Crippen molar-refractivity contribution in [1.82, 2.24) is 9.97 Å². The van der Waals surface area contributed by atoms with E-state index in [4.69, 9.17) is 0 Å². The molecule has 0 aliphatic rings. The zero-order valence-corrected chi connectivity index (χ0v) is 10.3. The monoisotopic (exact) mass is 247 g/mol. The first-order chi connectivity index (χ1) is 9.45. The van der Waals surface area contributed by atoms with Crippen LogP contribution in [-0.4, -0.2) is 9.97 Å². The molecule has 92 valence electrons. The molecule has 0 spiro atoms. The Morgan fingerprint density at radius 2 is 1.26 bits per heavy atom. The summed E-state index contributed by atoms with van der Waals surface area (Å²) >= 11 is 0. The topological polar surface area (TPSA) is 29.0 Å². The van der Waals surface area contributed by atoms with Crippen molar-refractivity contribution in [2.45, 2.75) is 0 Å². The molecule has 0 aliphatic heterocycles. The van der Waals surface area contributed by atoms with Gasteiger partial charge >= 0.3 is 0 Å². The number of nitrogens with zero attached hydrogens (tertiary/aromatic N) is 3. The van der Waals surface area contributed by atoms with Gasteiger partial charge in [0.2, 0.25) is 0 Å². The van der Waals surface area contributed by atoms with Gasteiger partial charge in [0.1, 0.15) is 12.1 Å². The molecule has 0 N–H and O–H groups in total. The van der Waals surface area contributed by atoms with E-state index in [1.165, 1.54) is 0 Å². The molecule has 3 rings (SSSR count). The molecule has 1 heterocycles. The summed E-state index contributed by atoms with van der Waals surface area (Å²) in [6, 6.07) is 22.3. The van der Waals surface area contributed by atoms with Gasteiger partial charge < -0.3 is 0 Å². The fourth-order valence-corrected chi connectivity index (χ4v) is 1.98. The minimum Gasteiger partial charge on any atom is -0.295 e. The van der Waals surface area contributed by atoms with E-state index in [9.17, 15) is 0 Å². The number of anilines is 3. The van der Waals surface area contributed by atoms with Crippen molar-refractivity contribution in [3.8, 4) is 0 Å². The van der Waals surface area contributed by atoms with Crippen molar-refractivity contribution in [2.24, 2.45) is 0 Å². The molecule has 0 atom stereocenters. The van der Waals surface area contributed by atoms with Crippen LogP contribution in [0.5, 0.6) is 0 Å². The minimum atomic E-state index is 0.854. The Morgan fingerprint density at radius 3 is 1.74 bits per heavy atom. The van der Waals surface area contributed by atoms with E-state index in [0.29, 0.717) is 0 Å². The van der Waals surface area contributed by atoms with Crippen molar-refractivity contribution in [1.29, 1.82) is 0 Å². The Labute approximate surface area is 112 Å². The number of hydrogen-bond acceptors (Lipinski definition) is 3. The van der Waals surface area contributed by atoms with Crippen LogP contribution in [0.4, 0.5) is 17.2 Å². The maximum absolute atomic E-state index is 4.35. The number of hydrogen-bond donors (Lipinski definition) is 0. The van der Waals surface area contributed by atoms with Crippen LogP contribution in [0, 0.1) is 0 Å². The highest BCUT2D eigenvalue weighted by molar-refractivity contribution is 5.73. The number of rotatable bonds is 3. The van der Waals surface area contributed by atoms with Gasteiger partial charge in [-0.05, 0) is 30.3 Å². The lowest BCUT2D eigenvalue weighted by Gasteiger charge is -2.23. The molecule has 0 saturated heterocycles. The van der Waals surface area contributed by atoms with Gasteiger partial charge in [0, 0.05) is 17.6 Å². The lowest BCUT2D eigenvalue weighted by Crippen LogP contribution is -2.11. The van der Waals surface area contributed by atoms with E-state index in [1.807, 2.05) is 42.5 Å². The summed E-state index contributed by atoms with van der Waals surface area (Å²) in [6.45, 7) is 0. The second-order valence-electron chi connectivity index (χ2n) is 4.07. The Hall–Kier alpha value is -2.68. The fraction of sp³-hybridized carbons (Fsp3) is 0. The maximum atomic E-state index is 4.35. The molecule has 19 heavy (non-hydrogen) atoms. The van der Waals surface area contributed by atoms with E-state index in [-0.39, 0.29) is 0 Å². The molecule has 0 amide bonds. The van der Waals surface area contributed by atoms with Crippen LogP contribution >= 0.6 is 0 Å². The highest BCUT2D eigenvalue weighted by Gasteiger charge is 2.11. The van der Waals surface area contributed by atoms with Crippen LogP contribution in [0.15, 0.2) is 79.3 Å². The first-order valence-electron chi connectivity index (χ1n) is 6.11. The van der Waals surface area contributed by atoms with E-state index in [2.05, 4.69) is 39.1 Å². The van der Waals surface area contributed by atoms with Crippen LogP contribution in [0.2, 0.25) is 0 Å². The molecule has 0 radical (unpaired) electrons. The van der Waals surface area contributed by atoms with Gasteiger partial charge in [-0.15, -0.1) is 0 Å². The predicted octanol–water partition coefficient (Wildman–Crippen LogP) is 3.95. The van der Waals surface area contributed by atoms with Crippen LogP contribution in [0.1, 0.15) is 0 Å². The molecule has 0 aliphatic carbocycles. The molecule has 0 fully saturated rings. The molecule has 0 saturated carbocycles. The van der Waals surface area contributed by atoms with Crippen molar-refractivity contribution >= 4 is 17.2 Å². The normalized spacial score (nSPS) is 10.1. The lowest BCUT2D eigenvalue weighted by atomic mass is 10.2. The Morgan fingerprint density at radius 1 is 0.684 bits per heavy atom. The molecule has 3 heteroatoms. The second-order valence-corrected chi connectivity index (χ2v) is 4.07. The van der Waals surface area contributed by atoms with Gasteiger partial charge in [-0.2, -0.15) is 0 Å². The number of aromatic nitrogens is 2. The third-order valence-corrected chi connectivity index (χ3v) is 2.82. The Kier molecular flexibility index (Phi) is 3.19. The van der Waals surface area contributed by atoms with Gasteiger partial charge in [0.25, 0.3) is 0 Å². The summed E-state index contributed by atoms with van der Waals surface area (Å²) in [5, 5.41) is 0. The molecular formula is C16H13N3. The SMILES string of the molecule is c1ccc(N(c2ccccc2)c2ccncn2)cc1. The zero-order valence-electron chi connectivity index (χ0n) is 10.3. The molecule has 2 aromatic carbocycles. The Balaban J connectivity index is 2.12. The van der Waals surface area contributed by atoms with Gasteiger partial charge in [-0.3, -0.25) is 4.90 Å². The van der Waals surface area contributed by atoms with Gasteiger partial charge in [0.15, 0.2) is 0 Å². The maximum Gasteiger partial charge on any atom is 0.140 e. The standard InChI is InChI=1S/C16H13N3/c1-3-7-14(8-4-1)19(15-9-5-2-6-10-15)16-11-12-17-13-18-16/h1-13H. The largest absolute Gasteiger partial charge is 0.295 e. The van der Waals surface area contributed by atoms with E-state index >= 15 is 0 Å². The molecular weight excluding hydrogens is 234 g/mol. The van der Waals surface area contributed by atoms with Gasteiger partial charge in [-0.25, -0.2) is 9.97 Å². The van der Waals surface area contributed by atoms with E-state index in [0.717, 1.165) is 17.2 Å². The minimum absolute atomic E-state index is 0.854. The molecule has 3 nitrogen and oxygen atoms in total. The molecule has 3 aromatic rings. The summed E-state index contributed by atoms with van der Waals surface area (Å²) in [4.78, 5) is 10.4. The van der Waals surface area contributed by atoms with Crippen LogP contribution in [-0.2, 0) is 0 Å². The second kappa shape index (κ2) is 5.31. The highest BCUT2D eigenvalue weighted by atomic mass is 15.2. The Bertz CT molecular complexity index is 530. The summed E-state index contributed by atoms with van der Waals surface area (Å²) in [7, 11) is 0. The highest BCUT2D eigenvalue weighted by Crippen LogP contribution is 2.31. The number of para-hydroxylation sites is 2. The lowest BCUT2D eigenvalue weighted by molar-refractivity contribution is 1.11. The molecule has 0 bridgehead atoms. The van der Waals surface area contributed by atoms with Gasteiger partial charge in [-0.1, -0.05) is 36.4 Å². The summed E-state index contributed by atoms with van der Waals surface area (Å²) in [5.74, 6) is 0.854. The van der Waals surface area contributed by atoms with E-state index in [1.54, 1.807) is 12.5 Å².